The summed E-state index contributed by atoms with van der Waals surface area (Å²) in [5.41, 5.74) is 17.5. The smallest absolute Gasteiger partial charge is 0.268 e. The van der Waals surface area contributed by atoms with Gasteiger partial charge in [0.15, 0.2) is 0 Å². The van der Waals surface area contributed by atoms with Crippen LogP contribution < -0.4 is 9.30 Å². The summed E-state index contributed by atoms with van der Waals surface area (Å²) in [7, 11) is 0. The first-order chi connectivity index (χ1) is 36.4. The summed E-state index contributed by atoms with van der Waals surface area (Å²) in [6.45, 7) is 16.1. The van der Waals surface area contributed by atoms with Gasteiger partial charge in [0.25, 0.3) is 6.33 Å². The quantitative estimate of drug-likeness (QED) is 0.101. The Kier molecular flexibility index (Phi) is 13.3. The first-order valence-electron chi connectivity index (χ1n) is 25.9. The number of fused-ring (bicyclic) bond motifs is 4. The molecule has 0 aliphatic heterocycles. The molecule has 3 aromatic heterocycles. The van der Waals surface area contributed by atoms with Crippen molar-refractivity contribution in [3.63, 3.8) is 0 Å². The summed E-state index contributed by atoms with van der Waals surface area (Å²) < 4.78 is 13.4. The van der Waals surface area contributed by atoms with Crippen LogP contribution in [0.3, 0.4) is 0 Å². The molecule has 0 fully saturated rings. The Bertz CT molecular complexity index is 3990. The van der Waals surface area contributed by atoms with Gasteiger partial charge in [-0.1, -0.05) is 224 Å². The van der Waals surface area contributed by atoms with E-state index in [-0.39, 0.29) is 37.8 Å². The Hall–Kier alpha value is -8.11. The Morgan fingerprint density at radius 2 is 1.11 bits per heavy atom. The largest absolute Gasteiger partial charge is 0.510 e. The van der Waals surface area contributed by atoms with Gasteiger partial charge in [0.1, 0.15) is 5.82 Å². The fourth-order valence-electron chi connectivity index (χ4n) is 10.5. The van der Waals surface area contributed by atoms with Gasteiger partial charge in [0.05, 0.1) is 16.7 Å². The predicted molar refractivity (Wildman–Crippen MR) is 308 cm³/mol. The van der Waals surface area contributed by atoms with Crippen LogP contribution in [0, 0.1) is 23.9 Å². The van der Waals surface area contributed by atoms with Crippen molar-refractivity contribution in [2.24, 2.45) is 5.41 Å². The number of rotatable bonds is 10. The molecule has 3 heterocycles. The molecule has 0 radical (unpaired) electrons. The third-order valence-electron chi connectivity index (χ3n) is 14.9. The van der Waals surface area contributed by atoms with Crippen LogP contribution in [0.2, 0.25) is 0 Å². The van der Waals surface area contributed by atoms with Crippen LogP contribution >= 0.6 is 0 Å². The van der Waals surface area contributed by atoms with Gasteiger partial charge in [-0.25, -0.2) is 4.98 Å². The van der Waals surface area contributed by atoms with E-state index in [2.05, 4.69) is 281 Å². The fourth-order valence-corrected chi connectivity index (χ4v) is 10.5. The summed E-state index contributed by atoms with van der Waals surface area (Å²) in [6.07, 6.45) is 5.86. The molecular weight excluding hydrogens is 1110 g/mol. The zero-order chi connectivity index (χ0) is 51.4. The molecular formula is C70H58N4OPt-2. The van der Waals surface area contributed by atoms with E-state index < -0.39 is 0 Å². The van der Waals surface area contributed by atoms with Gasteiger partial charge in [-0.2, -0.15) is 18.2 Å². The number of nitrogens with zero attached hydrogens (tertiary/aromatic N) is 4. The van der Waals surface area contributed by atoms with Crippen LogP contribution in [0.25, 0.3) is 94.5 Å². The third kappa shape index (κ3) is 9.39. The normalized spacial score (nSPS) is 12.2. The molecule has 0 N–H and O–H groups in total. The molecule has 376 valence electrons. The summed E-state index contributed by atoms with van der Waals surface area (Å²) in [4.78, 5) is 5.32. The number of hydrogen-bond donors (Lipinski definition) is 0. The SMILES string of the molecule is CC(c1cc(-n2c3[c-]c(Oc4[c-]c(-n5[c-][n+](-c6c(-c7ccccc7)cccc6-c6ccccc6)c6ccccc65)ccc4)ccc3c3cc(-c4ccccc4)ccc32)ncc1-c1ccc(C(C)(C)C)cc1)C(C)(C)C.[Pt]. The molecule has 1 atom stereocenters. The van der Waals surface area contributed by atoms with E-state index in [0.29, 0.717) is 11.5 Å². The van der Waals surface area contributed by atoms with Gasteiger partial charge in [-0.15, -0.1) is 29.7 Å². The van der Waals surface area contributed by atoms with Crippen LogP contribution in [0.1, 0.15) is 65.5 Å². The fraction of sp³-hybridized carbons (Fsp3) is 0.143. The summed E-state index contributed by atoms with van der Waals surface area (Å²) in [5, 5.41) is 2.18. The van der Waals surface area contributed by atoms with Crippen molar-refractivity contribution in [1.29, 1.82) is 0 Å². The topological polar surface area (TPSA) is 35.9 Å². The number of imidazole rings is 1. The van der Waals surface area contributed by atoms with Crippen molar-refractivity contribution in [1.82, 2.24) is 14.1 Å². The zero-order valence-corrected chi connectivity index (χ0v) is 46.1. The summed E-state index contributed by atoms with van der Waals surface area (Å²) >= 11 is 0. The summed E-state index contributed by atoms with van der Waals surface area (Å²) in [5.74, 6) is 2.18. The minimum atomic E-state index is -0.00892. The molecule has 6 heteroatoms. The number of benzene rings is 9. The second-order valence-electron chi connectivity index (χ2n) is 21.8. The Balaban J connectivity index is 0.00000616. The molecule has 0 amide bonds. The van der Waals surface area contributed by atoms with Crippen molar-refractivity contribution in [3.05, 3.63) is 248 Å². The molecule has 0 saturated heterocycles. The van der Waals surface area contributed by atoms with E-state index in [9.17, 15) is 0 Å². The van der Waals surface area contributed by atoms with Gasteiger partial charge in [-0.05, 0) is 90.0 Å². The van der Waals surface area contributed by atoms with E-state index in [4.69, 9.17) is 9.72 Å². The van der Waals surface area contributed by atoms with Gasteiger partial charge in [0.2, 0.25) is 0 Å². The van der Waals surface area contributed by atoms with Crippen molar-refractivity contribution in [3.8, 4) is 73.2 Å². The van der Waals surface area contributed by atoms with Crippen LogP contribution in [-0.2, 0) is 26.5 Å². The number of ether oxygens (including phenoxy) is 1. The molecule has 0 bridgehead atoms. The maximum Gasteiger partial charge on any atom is 0.268 e. The molecule has 12 aromatic rings. The van der Waals surface area contributed by atoms with Crippen molar-refractivity contribution in [2.45, 2.75) is 59.8 Å². The van der Waals surface area contributed by atoms with Gasteiger partial charge >= 0.3 is 0 Å². The Morgan fingerprint density at radius 3 is 1.76 bits per heavy atom. The standard InChI is InChI=1S/C70H58N4O.Pt/c1-47(69(2,3)4)60-44-67(71-45-62(60)51-33-36-53(37-34-51)70(5,6)7)74-63-40-35-52(48-21-11-8-12-22-48)41-61(63)59-39-38-56(43-66(59)74)75-55-28-19-27-54(42-55)72-46-73(65-32-18-17-31-64(65)72)68-57(49-23-13-9-14-24-49)29-20-30-58(68)50-25-15-10-16-26-50;/h8-41,44-45,47H,1-7H3;/q-2;. The molecule has 0 aliphatic carbocycles. The Labute approximate surface area is 461 Å². The zero-order valence-electron chi connectivity index (χ0n) is 43.9. The average Bonchev–Trinajstić information content (AvgIpc) is 4.08. The average molecular weight is 1170 g/mol. The van der Waals surface area contributed by atoms with E-state index in [0.717, 1.165) is 94.5 Å². The number of pyridine rings is 1. The van der Waals surface area contributed by atoms with Gasteiger partial charge in [-0.3, -0.25) is 4.57 Å². The number of hydrogen-bond acceptors (Lipinski definition) is 2. The molecule has 0 aliphatic rings. The maximum absolute atomic E-state index is 6.82. The molecule has 0 saturated carbocycles. The van der Waals surface area contributed by atoms with Crippen molar-refractivity contribution < 1.29 is 30.4 Å². The van der Waals surface area contributed by atoms with Crippen LogP contribution in [0.4, 0.5) is 0 Å². The first kappa shape index (κ1) is 50.1. The minimum Gasteiger partial charge on any atom is -0.510 e. The summed E-state index contributed by atoms with van der Waals surface area (Å²) in [6, 6.07) is 82.4. The monoisotopic (exact) mass is 1170 g/mol. The molecule has 9 aromatic carbocycles. The van der Waals surface area contributed by atoms with Crippen LogP contribution in [-0.4, -0.2) is 14.1 Å². The Morgan fingerprint density at radius 1 is 0.513 bits per heavy atom. The van der Waals surface area contributed by atoms with Crippen LogP contribution in [0.15, 0.2) is 219 Å². The van der Waals surface area contributed by atoms with Gasteiger partial charge in [0, 0.05) is 49.8 Å². The number of para-hydroxylation sites is 3. The minimum absolute atomic E-state index is 0. The number of aromatic nitrogens is 4. The van der Waals surface area contributed by atoms with Gasteiger partial charge < -0.3 is 13.9 Å². The predicted octanol–water partition coefficient (Wildman–Crippen LogP) is 17.7. The van der Waals surface area contributed by atoms with E-state index >= 15 is 0 Å². The second kappa shape index (κ2) is 20.2. The van der Waals surface area contributed by atoms with Crippen LogP contribution in [0.5, 0.6) is 11.5 Å². The van der Waals surface area contributed by atoms with Crippen molar-refractivity contribution in [2.75, 3.05) is 0 Å². The molecule has 12 rings (SSSR count). The molecule has 1 unspecified atom stereocenters. The van der Waals surface area contributed by atoms with E-state index in [1.165, 1.54) is 11.1 Å². The molecule has 5 nitrogen and oxygen atoms in total. The van der Waals surface area contributed by atoms with Crippen molar-refractivity contribution >= 4 is 32.8 Å². The van der Waals surface area contributed by atoms with E-state index in [1.807, 2.05) is 18.2 Å². The second-order valence-corrected chi connectivity index (χ2v) is 21.8. The maximum atomic E-state index is 6.82. The molecule has 0 spiro atoms. The third-order valence-corrected chi connectivity index (χ3v) is 14.9. The molecule has 76 heavy (non-hydrogen) atoms. The van der Waals surface area contributed by atoms with E-state index in [1.54, 1.807) is 0 Å². The first-order valence-corrected chi connectivity index (χ1v) is 25.9.